The Kier molecular flexibility index (Phi) is 10.8. The number of carbonyl (C=O) groups is 3. The molecule has 0 aromatic carbocycles. The smallest absolute Gasteiger partial charge is 0.247 e. The Bertz CT molecular complexity index is 937. The van der Waals surface area contributed by atoms with Gasteiger partial charge in [0.25, 0.3) is 0 Å². The van der Waals surface area contributed by atoms with Crippen LogP contribution in [0.3, 0.4) is 0 Å². The third-order valence-corrected chi connectivity index (χ3v) is 11.9. The Hall–Kier alpha value is -1.80. The molecule has 6 atom stereocenters. The zero-order chi connectivity index (χ0) is 28.9. The fourth-order valence-electron chi connectivity index (χ4n) is 8.10. The second kappa shape index (κ2) is 13.9. The number of rotatable bonds is 15. The lowest BCUT2D eigenvalue weighted by Crippen LogP contribution is -2.59. The first-order valence-electron chi connectivity index (χ1n) is 15.8. The molecule has 1 spiro atoms. The molecule has 4 aliphatic rings. The molecule has 1 N–H and O–H groups in total. The van der Waals surface area contributed by atoms with Gasteiger partial charge in [-0.25, -0.2) is 0 Å². The molecule has 40 heavy (non-hydrogen) atoms. The predicted molar refractivity (Wildman–Crippen MR) is 162 cm³/mol. The molecule has 1 aliphatic carbocycles. The van der Waals surface area contributed by atoms with Gasteiger partial charge in [0.1, 0.15) is 6.04 Å². The Labute approximate surface area is 245 Å². The van der Waals surface area contributed by atoms with E-state index in [1.807, 2.05) is 20.8 Å². The Morgan fingerprint density at radius 2 is 1.77 bits per heavy atom. The minimum atomic E-state index is -0.579. The van der Waals surface area contributed by atoms with Crippen LogP contribution < -0.4 is 0 Å². The van der Waals surface area contributed by atoms with E-state index in [1.54, 1.807) is 17.8 Å². The molecule has 3 heterocycles. The molecule has 7 nitrogen and oxygen atoms in total. The summed E-state index contributed by atoms with van der Waals surface area (Å²) in [7, 11) is 0. The molecule has 0 aromatic rings. The van der Waals surface area contributed by atoms with Gasteiger partial charge in [-0.2, -0.15) is 0 Å². The summed E-state index contributed by atoms with van der Waals surface area (Å²) in [5, 5.41) is 9.27. The van der Waals surface area contributed by atoms with E-state index in [4.69, 9.17) is 0 Å². The largest absolute Gasteiger partial charge is 0.396 e. The molecular weight excluding hydrogens is 522 g/mol. The number of likely N-dealkylation sites (tertiary alicyclic amines) is 1. The van der Waals surface area contributed by atoms with Crippen LogP contribution >= 0.6 is 11.8 Å². The Morgan fingerprint density at radius 3 is 2.42 bits per heavy atom. The van der Waals surface area contributed by atoms with Gasteiger partial charge in [-0.3, -0.25) is 14.4 Å². The van der Waals surface area contributed by atoms with Gasteiger partial charge in [0.05, 0.1) is 16.6 Å². The maximum atomic E-state index is 14.7. The van der Waals surface area contributed by atoms with Gasteiger partial charge in [0.2, 0.25) is 17.7 Å². The summed E-state index contributed by atoms with van der Waals surface area (Å²) in [5.74, 6) is -0.577. The van der Waals surface area contributed by atoms with Gasteiger partial charge in [-0.15, -0.1) is 24.9 Å². The van der Waals surface area contributed by atoms with E-state index in [1.165, 1.54) is 6.42 Å². The molecule has 1 saturated carbocycles. The Balaban J connectivity index is 1.71. The van der Waals surface area contributed by atoms with Crippen molar-refractivity contribution >= 4 is 29.5 Å². The van der Waals surface area contributed by atoms with Crippen LogP contribution in [0.4, 0.5) is 0 Å². The second-order valence-electron chi connectivity index (χ2n) is 12.4. The third kappa shape index (κ3) is 5.64. The van der Waals surface area contributed by atoms with Crippen molar-refractivity contribution in [1.29, 1.82) is 0 Å². The SMILES string of the molecule is C=CCN(CCC)C(=O)[C@@H]1[C@H]2C(=O)N(CCCCCCO)C(C(=O)N(CC=C)C3CCCCC3)C23S[C@@H]1CC3C. The molecule has 4 fully saturated rings. The van der Waals surface area contributed by atoms with Gasteiger partial charge < -0.3 is 19.8 Å². The summed E-state index contributed by atoms with van der Waals surface area (Å²) in [6.07, 6.45) is 14.1. The van der Waals surface area contributed by atoms with E-state index < -0.39 is 22.6 Å². The summed E-state index contributed by atoms with van der Waals surface area (Å²) in [4.78, 5) is 49.0. The Morgan fingerprint density at radius 1 is 1.07 bits per heavy atom. The zero-order valence-electron chi connectivity index (χ0n) is 24.8. The number of amides is 3. The summed E-state index contributed by atoms with van der Waals surface area (Å²) in [6, 6.07) is -0.369. The van der Waals surface area contributed by atoms with Crippen LogP contribution in [-0.2, 0) is 14.4 Å². The lowest BCUT2D eigenvalue weighted by Gasteiger charge is -2.43. The number of thioether (sulfide) groups is 1. The standard InChI is InChI=1S/C32H51N3O4S/c1-5-17-33(18-6-2)29(37)26-25-22-23(4)32(40-25)27(26)30(38)35(20-13-8-9-14-21-36)28(32)31(39)34(19-7-3)24-15-11-10-12-16-24/h5,7,23-28,36H,1,3,6,8-22H2,2,4H3/t23?,25-,26+,27+,28?,32?/m1/s1. The molecular formula is C32H51N3O4S. The van der Waals surface area contributed by atoms with Crippen molar-refractivity contribution in [3.05, 3.63) is 25.3 Å². The van der Waals surface area contributed by atoms with Crippen LogP contribution in [0.5, 0.6) is 0 Å². The van der Waals surface area contributed by atoms with Gasteiger partial charge in [-0.1, -0.05) is 58.1 Å². The molecule has 3 amide bonds. The number of unbranched alkanes of at least 4 members (excludes halogenated alkanes) is 3. The number of carbonyl (C=O) groups excluding carboxylic acids is 3. The third-order valence-electron chi connectivity index (χ3n) is 9.85. The number of nitrogens with zero attached hydrogens (tertiary/aromatic N) is 3. The number of fused-ring (bicyclic) bond motifs is 1. The summed E-state index contributed by atoms with van der Waals surface area (Å²) < 4.78 is -0.579. The quantitative estimate of drug-likeness (QED) is 0.228. The highest BCUT2D eigenvalue weighted by Crippen LogP contribution is 2.69. The van der Waals surface area contributed by atoms with Crippen LogP contribution in [0.1, 0.15) is 84.5 Å². The summed E-state index contributed by atoms with van der Waals surface area (Å²) >= 11 is 1.78. The van der Waals surface area contributed by atoms with E-state index in [0.717, 1.165) is 64.2 Å². The first-order chi connectivity index (χ1) is 19.4. The highest BCUT2D eigenvalue weighted by atomic mass is 32.2. The first-order valence-corrected chi connectivity index (χ1v) is 16.6. The molecule has 3 aliphatic heterocycles. The van der Waals surface area contributed by atoms with Crippen LogP contribution in [0.2, 0.25) is 0 Å². The lowest BCUT2D eigenvalue weighted by molar-refractivity contribution is -0.145. The van der Waals surface area contributed by atoms with Crippen LogP contribution in [-0.4, -0.2) is 92.4 Å². The van der Waals surface area contributed by atoms with Crippen LogP contribution in [0, 0.1) is 17.8 Å². The molecule has 224 valence electrons. The van der Waals surface area contributed by atoms with E-state index in [0.29, 0.717) is 26.2 Å². The molecule has 8 heteroatoms. The van der Waals surface area contributed by atoms with Crippen molar-refractivity contribution < 1.29 is 19.5 Å². The van der Waals surface area contributed by atoms with Crippen LogP contribution in [0.15, 0.2) is 25.3 Å². The average Bonchev–Trinajstić information content (AvgIpc) is 3.55. The number of hydrogen-bond acceptors (Lipinski definition) is 5. The highest BCUT2D eigenvalue weighted by molar-refractivity contribution is 8.02. The van der Waals surface area contributed by atoms with Crippen molar-refractivity contribution in [3.8, 4) is 0 Å². The van der Waals surface area contributed by atoms with Crippen molar-refractivity contribution in [2.24, 2.45) is 17.8 Å². The lowest BCUT2D eigenvalue weighted by atomic mass is 9.65. The highest BCUT2D eigenvalue weighted by Gasteiger charge is 2.76. The van der Waals surface area contributed by atoms with E-state index in [-0.39, 0.29) is 41.5 Å². The number of aliphatic hydroxyl groups is 1. The van der Waals surface area contributed by atoms with E-state index in [9.17, 15) is 19.5 Å². The van der Waals surface area contributed by atoms with Crippen molar-refractivity contribution in [2.75, 3.05) is 32.8 Å². The van der Waals surface area contributed by atoms with Gasteiger partial charge in [0, 0.05) is 44.1 Å². The molecule has 0 radical (unpaired) electrons. The molecule has 2 bridgehead atoms. The van der Waals surface area contributed by atoms with E-state index in [2.05, 4.69) is 27.0 Å². The maximum absolute atomic E-state index is 14.7. The maximum Gasteiger partial charge on any atom is 0.247 e. The molecule has 3 saturated heterocycles. The fourth-order valence-corrected chi connectivity index (χ4v) is 10.5. The van der Waals surface area contributed by atoms with Gasteiger partial charge in [0.15, 0.2) is 0 Å². The topological polar surface area (TPSA) is 81.2 Å². The monoisotopic (exact) mass is 573 g/mol. The zero-order valence-corrected chi connectivity index (χ0v) is 25.6. The summed E-state index contributed by atoms with van der Waals surface area (Å²) in [6.45, 7) is 14.4. The molecule has 4 rings (SSSR count). The van der Waals surface area contributed by atoms with Crippen molar-refractivity contribution in [3.63, 3.8) is 0 Å². The normalized spacial score (nSPS) is 31.3. The average molecular weight is 574 g/mol. The van der Waals surface area contributed by atoms with Gasteiger partial charge >= 0.3 is 0 Å². The van der Waals surface area contributed by atoms with E-state index >= 15 is 0 Å². The first kappa shape index (κ1) is 31.1. The number of aliphatic hydroxyl groups excluding tert-OH is 1. The minimum Gasteiger partial charge on any atom is -0.396 e. The fraction of sp³-hybridized carbons (Fsp3) is 0.781. The molecule has 3 unspecified atom stereocenters. The van der Waals surface area contributed by atoms with Crippen molar-refractivity contribution in [1.82, 2.24) is 14.7 Å². The van der Waals surface area contributed by atoms with Crippen molar-refractivity contribution in [2.45, 2.75) is 107 Å². The second-order valence-corrected chi connectivity index (χ2v) is 13.9. The predicted octanol–water partition coefficient (Wildman–Crippen LogP) is 4.65. The summed E-state index contributed by atoms with van der Waals surface area (Å²) in [5.41, 5.74) is 0. The number of hydrogen-bond donors (Lipinski definition) is 1. The van der Waals surface area contributed by atoms with Crippen LogP contribution in [0.25, 0.3) is 0 Å². The molecule has 0 aromatic heterocycles. The van der Waals surface area contributed by atoms with Gasteiger partial charge in [-0.05, 0) is 44.4 Å². The minimum absolute atomic E-state index is 0.00217.